The van der Waals surface area contributed by atoms with Crippen LogP contribution in [0.15, 0.2) is 47.5 Å². The van der Waals surface area contributed by atoms with Crippen LogP contribution in [0.3, 0.4) is 0 Å². The Bertz CT molecular complexity index is 706. The summed E-state index contributed by atoms with van der Waals surface area (Å²) in [6.07, 6.45) is 2.97. The van der Waals surface area contributed by atoms with Crippen LogP contribution in [0.4, 0.5) is 0 Å². The molecule has 6 heteroatoms. The number of ether oxygens (including phenoxy) is 3. The number of guanidine groups is 1. The Balaban J connectivity index is 1.52. The third-order valence-corrected chi connectivity index (χ3v) is 4.27. The first-order valence-electron chi connectivity index (χ1n) is 9.96. The topological polar surface area (TPSA) is 64.1 Å². The Hall–Kier alpha value is -2.31. The number of rotatable bonds is 13. The van der Waals surface area contributed by atoms with Crippen molar-refractivity contribution in [1.29, 1.82) is 0 Å². The molecule has 2 aromatic carbocycles. The molecule has 0 amide bonds. The van der Waals surface area contributed by atoms with Crippen LogP contribution in [-0.4, -0.2) is 59.6 Å². The fraction of sp³-hybridized carbons (Fsp3) is 0.500. The number of methoxy groups -OCH3 is 1. The predicted octanol–water partition coefficient (Wildman–Crippen LogP) is 3.22. The van der Waals surface area contributed by atoms with Gasteiger partial charge in [-0.15, -0.1) is 0 Å². The van der Waals surface area contributed by atoms with E-state index in [1.165, 1.54) is 10.8 Å². The van der Waals surface area contributed by atoms with E-state index in [0.717, 1.165) is 50.7 Å². The highest BCUT2D eigenvalue weighted by Gasteiger charge is 1.99. The lowest BCUT2D eigenvalue weighted by Gasteiger charge is -2.12. The number of hydrogen-bond acceptors (Lipinski definition) is 4. The van der Waals surface area contributed by atoms with E-state index in [-0.39, 0.29) is 0 Å². The van der Waals surface area contributed by atoms with Crippen molar-refractivity contribution in [2.75, 3.05) is 53.7 Å². The summed E-state index contributed by atoms with van der Waals surface area (Å²) in [5, 5.41) is 9.06. The van der Waals surface area contributed by atoms with Crippen molar-refractivity contribution in [3.8, 4) is 5.75 Å². The average Bonchev–Trinajstić information content (AvgIpc) is 2.73. The maximum atomic E-state index is 5.86. The Morgan fingerprint density at radius 3 is 2.43 bits per heavy atom. The standard InChI is InChI=1S/C22H33N3O3/c1-23-22(24-12-5-6-14-27-17-16-26-2)25-13-7-15-28-21-11-10-19-8-3-4-9-20(19)18-21/h3-4,8-11,18H,5-7,12-17H2,1-2H3,(H2,23,24,25). The fourth-order valence-electron chi connectivity index (χ4n) is 2.73. The zero-order chi connectivity index (χ0) is 19.9. The molecule has 0 atom stereocenters. The van der Waals surface area contributed by atoms with Crippen LogP contribution in [0.25, 0.3) is 10.8 Å². The Kier molecular flexibility index (Phi) is 10.8. The molecular formula is C22H33N3O3. The summed E-state index contributed by atoms with van der Waals surface area (Å²) in [4.78, 5) is 4.24. The van der Waals surface area contributed by atoms with Gasteiger partial charge in [0.1, 0.15) is 5.75 Å². The van der Waals surface area contributed by atoms with E-state index < -0.39 is 0 Å². The number of unbranched alkanes of at least 4 members (excludes halogenated alkanes) is 1. The molecule has 0 aliphatic rings. The summed E-state index contributed by atoms with van der Waals surface area (Å²) in [5.41, 5.74) is 0. The minimum atomic E-state index is 0.652. The van der Waals surface area contributed by atoms with Gasteiger partial charge in [-0.25, -0.2) is 0 Å². The minimum absolute atomic E-state index is 0.652. The molecule has 0 radical (unpaired) electrons. The molecule has 0 bridgehead atoms. The maximum absolute atomic E-state index is 5.86. The van der Waals surface area contributed by atoms with Crippen molar-refractivity contribution < 1.29 is 14.2 Å². The molecule has 0 heterocycles. The van der Waals surface area contributed by atoms with Crippen molar-refractivity contribution >= 4 is 16.7 Å². The summed E-state index contributed by atoms with van der Waals surface area (Å²) in [7, 11) is 3.47. The summed E-state index contributed by atoms with van der Waals surface area (Å²) < 4.78 is 16.2. The molecule has 154 valence electrons. The first-order valence-corrected chi connectivity index (χ1v) is 9.96. The van der Waals surface area contributed by atoms with Crippen molar-refractivity contribution in [2.45, 2.75) is 19.3 Å². The van der Waals surface area contributed by atoms with Gasteiger partial charge in [0.05, 0.1) is 19.8 Å². The fourth-order valence-corrected chi connectivity index (χ4v) is 2.73. The van der Waals surface area contributed by atoms with Gasteiger partial charge in [-0.3, -0.25) is 4.99 Å². The monoisotopic (exact) mass is 387 g/mol. The largest absolute Gasteiger partial charge is 0.494 e. The Morgan fingerprint density at radius 1 is 0.857 bits per heavy atom. The zero-order valence-corrected chi connectivity index (χ0v) is 17.1. The maximum Gasteiger partial charge on any atom is 0.190 e. The molecule has 0 aliphatic carbocycles. The van der Waals surface area contributed by atoms with Crippen LogP contribution in [0.2, 0.25) is 0 Å². The quantitative estimate of drug-likeness (QED) is 0.314. The lowest BCUT2D eigenvalue weighted by Crippen LogP contribution is -2.38. The van der Waals surface area contributed by atoms with Crippen molar-refractivity contribution in [3.05, 3.63) is 42.5 Å². The van der Waals surface area contributed by atoms with E-state index in [1.807, 2.05) is 18.2 Å². The van der Waals surface area contributed by atoms with Gasteiger partial charge in [-0.05, 0) is 42.2 Å². The highest BCUT2D eigenvalue weighted by molar-refractivity contribution is 5.83. The van der Waals surface area contributed by atoms with Crippen molar-refractivity contribution in [2.24, 2.45) is 4.99 Å². The summed E-state index contributed by atoms with van der Waals surface area (Å²) in [6, 6.07) is 14.5. The molecule has 6 nitrogen and oxygen atoms in total. The number of benzene rings is 2. The van der Waals surface area contributed by atoms with Crippen LogP contribution < -0.4 is 15.4 Å². The van der Waals surface area contributed by atoms with Crippen molar-refractivity contribution in [1.82, 2.24) is 10.6 Å². The van der Waals surface area contributed by atoms with Gasteiger partial charge >= 0.3 is 0 Å². The van der Waals surface area contributed by atoms with E-state index in [4.69, 9.17) is 14.2 Å². The molecule has 0 aliphatic heterocycles. The highest BCUT2D eigenvalue weighted by atomic mass is 16.5. The molecule has 0 aromatic heterocycles. The smallest absolute Gasteiger partial charge is 0.190 e. The molecule has 2 rings (SSSR count). The second kappa shape index (κ2) is 13.8. The number of fused-ring (bicyclic) bond motifs is 1. The first-order chi connectivity index (χ1) is 13.8. The second-order valence-corrected chi connectivity index (χ2v) is 6.45. The van der Waals surface area contributed by atoms with Gasteiger partial charge in [-0.1, -0.05) is 30.3 Å². The number of nitrogens with one attached hydrogen (secondary N) is 2. The van der Waals surface area contributed by atoms with Gasteiger partial charge in [0, 0.05) is 33.9 Å². The number of aliphatic imine (C=N–C) groups is 1. The van der Waals surface area contributed by atoms with Gasteiger partial charge in [0.25, 0.3) is 0 Å². The van der Waals surface area contributed by atoms with Gasteiger partial charge in [0.15, 0.2) is 5.96 Å². The zero-order valence-electron chi connectivity index (χ0n) is 17.1. The summed E-state index contributed by atoms with van der Waals surface area (Å²) in [5.74, 6) is 1.74. The van der Waals surface area contributed by atoms with E-state index in [9.17, 15) is 0 Å². The van der Waals surface area contributed by atoms with E-state index in [0.29, 0.717) is 19.8 Å². The third-order valence-electron chi connectivity index (χ3n) is 4.27. The van der Waals surface area contributed by atoms with Gasteiger partial charge in [0.2, 0.25) is 0 Å². The van der Waals surface area contributed by atoms with Crippen molar-refractivity contribution in [3.63, 3.8) is 0 Å². The second-order valence-electron chi connectivity index (χ2n) is 6.45. The van der Waals surface area contributed by atoms with E-state index in [1.54, 1.807) is 14.2 Å². The Labute approximate surface area is 168 Å². The Morgan fingerprint density at radius 2 is 1.64 bits per heavy atom. The normalized spacial score (nSPS) is 11.6. The SMILES string of the molecule is CN=C(NCCCCOCCOC)NCCCOc1ccc2ccccc2c1. The summed E-state index contributed by atoms with van der Waals surface area (Å²) >= 11 is 0. The summed E-state index contributed by atoms with van der Waals surface area (Å²) in [6.45, 7) is 4.44. The van der Waals surface area contributed by atoms with E-state index >= 15 is 0 Å². The lowest BCUT2D eigenvalue weighted by atomic mass is 10.1. The van der Waals surface area contributed by atoms with Crippen LogP contribution in [-0.2, 0) is 9.47 Å². The van der Waals surface area contributed by atoms with Gasteiger partial charge in [-0.2, -0.15) is 0 Å². The first kappa shape index (κ1) is 22.0. The molecule has 0 unspecified atom stereocenters. The molecule has 0 saturated carbocycles. The minimum Gasteiger partial charge on any atom is -0.494 e. The molecular weight excluding hydrogens is 354 g/mol. The molecule has 0 saturated heterocycles. The molecule has 2 aromatic rings. The third kappa shape index (κ3) is 8.59. The number of nitrogens with zero attached hydrogens (tertiary/aromatic N) is 1. The van der Waals surface area contributed by atoms with Crippen LogP contribution in [0.5, 0.6) is 5.75 Å². The predicted molar refractivity (Wildman–Crippen MR) is 115 cm³/mol. The lowest BCUT2D eigenvalue weighted by molar-refractivity contribution is 0.0689. The molecule has 28 heavy (non-hydrogen) atoms. The molecule has 2 N–H and O–H groups in total. The van der Waals surface area contributed by atoms with Crippen LogP contribution in [0.1, 0.15) is 19.3 Å². The number of hydrogen-bond donors (Lipinski definition) is 2. The van der Waals surface area contributed by atoms with Gasteiger partial charge < -0.3 is 24.8 Å². The average molecular weight is 388 g/mol. The van der Waals surface area contributed by atoms with Crippen LogP contribution >= 0.6 is 0 Å². The van der Waals surface area contributed by atoms with Crippen LogP contribution in [0, 0.1) is 0 Å². The molecule has 0 fully saturated rings. The molecule has 0 spiro atoms. The highest BCUT2D eigenvalue weighted by Crippen LogP contribution is 2.20. The van der Waals surface area contributed by atoms with E-state index in [2.05, 4.69) is 39.9 Å².